The van der Waals surface area contributed by atoms with E-state index in [4.69, 9.17) is 4.74 Å². The molecule has 2 rings (SSSR count). The molecule has 1 N–H and O–H groups in total. The zero-order valence-corrected chi connectivity index (χ0v) is 20.1. The van der Waals surface area contributed by atoms with E-state index in [0.717, 1.165) is 19.3 Å². The van der Waals surface area contributed by atoms with Crippen molar-refractivity contribution in [1.82, 2.24) is 0 Å². The van der Waals surface area contributed by atoms with Crippen LogP contribution in [0.3, 0.4) is 0 Å². The lowest BCUT2D eigenvalue weighted by atomic mass is 9.57. The van der Waals surface area contributed by atoms with Gasteiger partial charge >= 0.3 is 11.9 Å². The Morgan fingerprint density at radius 2 is 1.80 bits per heavy atom. The Labute approximate surface area is 184 Å². The van der Waals surface area contributed by atoms with Crippen LogP contribution in [0.2, 0.25) is 0 Å². The van der Waals surface area contributed by atoms with Gasteiger partial charge in [0.1, 0.15) is 0 Å². The largest absolute Gasteiger partial charge is 0.481 e. The zero-order chi connectivity index (χ0) is 22.3. The number of unbranched alkanes of at least 4 members (excludes halogenated alkanes) is 2. The molecule has 0 aliphatic heterocycles. The van der Waals surface area contributed by atoms with Crippen LogP contribution in [0, 0.1) is 40.9 Å². The van der Waals surface area contributed by atoms with E-state index in [1.807, 2.05) is 6.92 Å². The van der Waals surface area contributed by atoms with E-state index in [-0.39, 0.29) is 11.9 Å². The van der Waals surface area contributed by atoms with Crippen LogP contribution in [0.4, 0.5) is 0 Å². The number of hydrogen-bond acceptors (Lipinski definition) is 3. The van der Waals surface area contributed by atoms with Crippen LogP contribution in [-0.2, 0) is 14.3 Å². The van der Waals surface area contributed by atoms with Crippen LogP contribution in [0.15, 0.2) is 0 Å². The fourth-order valence-corrected chi connectivity index (χ4v) is 6.66. The van der Waals surface area contributed by atoms with Crippen molar-refractivity contribution >= 4 is 11.9 Å². The van der Waals surface area contributed by atoms with Crippen LogP contribution >= 0.6 is 0 Å². The second kappa shape index (κ2) is 11.5. The van der Waals surface area contributed by atoms with E-state index in [1.54, 1.807) is 0 Å². The molecule has 0 aromatic rings. The molecule has 2 fully saturated rings. The topological polar surface area (TPSA) is 63.6 Å². The summed E-state index contributed by atoms with van der Waals surface area (Å²) in [4.78, 5) is 24.6. The molecule has 174 valence electrons. The van der Waals surface area contributed by atoms with Crippen molar-refractivity contribution < 1.29 is 19.4 Å². The normalized spacial score (nSPS) is 37.0. The molecule has 2 aliphatic carbocycles. The van der Waals surface area contributed by atoms with Gasteiger partial charge in [-0.2, -0.15) is 0 Å². The molecule has 0 radical (unpaired) electrons. The zero-order valence-electron chi connectivity index (χ0n) is 20.1. The highest BCUT2D eigenvalue weighted by Crippen LogP contribution is 2.51. The maximum Gasteiger partial charge on any atom is 0.309 e. The van der Waals surface area contributed by atoms with Crippen LogP contribution in [0.1, 0.15) is 105 Å². The van der Waals surface area contributed by atoms with Gasteiger partial charge in [-0.05, 0) is 67.6 Å². The summed E-state index contributed by atoms with van der Waals surface area (Å²) in [5, 5.41) is 9.62. The molecule has 0 saturated heterocycles. The highest BCUT2D eigenvalue weighted by atomic mass is 16.5. The minimum atomic E-state index is -0.846. The van der Waals surface area contributed by atoms with Gasteiger partial charge in [-0.15, -0.1) is 0 Å². The molecule has 0 spiro atoms. The van der Waals surface area contributed by atoms with Gasteiger partial charge in [-0.1, -0.05) is 66.7 Å². The molecule has 0 amide bonds. The number of aliphatic carboxylic acids is 1. The number of rotatable bonds is 10. The molecule has 0 heterocycles. The Kier molecular flexibility index (Phi) is 9.68. The minimum absolute atomic E-state index is 0.0418. The number of ether oxygens (including phenoxy) is 1. The second-order valence-corrected chi connectivity index (χ2v) is 10.7. The summed E-state index contributed by atoms with van der Waals surface area (Å²) in [6, 6.07) is 0. The smallest absolute Gasteiger partial charge is 0.309 e. The molecular formula is C26H46O4. The summed E-state index contributed by atoms with van der Waals surface area (Å²) in [7, 11) is 0. The Morgan fingerprint density at radius 3 is 2.43 bits per heavy atom. The summed E-state index contributed by atoms with van der Waals surface area (Å²) >= 11 is 0. The third kappa shape index (κ3) is 6.01. The monoisotopic (exact) mass is 422 g/mol. The van der Waals surface area contributed by atoms with E-state index in [1.165, 1.54) is 44.9 Å². The van der Waals surface area contributed by atoms with Crippen LogP contribution < -0.4 is 0 Å². The van der Waals surface area contributed by atoms with Crippen LogP contribution in [-0.4, -0.2) is 23.7 Å². The molecule has 0 aromatic heterocycles. The third-order valence-corrected chi connectivity index (χ3v) is 8.55. The van der Waals surface area contributed by atoms with Gasteiger partial charge in [0.05, 0.1) is 18.4 Å². The first-order valence-corrected chi connectivity index (χ1v) is 12.6. The number of hydrogen-bond donors (Lipinski definition) is 1. The van der Waals surface area contributed by atoms with Gasteiger partial charge < -0.3 is 9.84 Å². The highest BCUT2D eigenvalue weighted by molar-refractivity contribution is 5.81. The Bertz CT molecular complexity index is 559. The van der Waals surface area contributed by atoms with Crippen LogP contribution in [0.25, 0.3) is 0 Å². The maximum atomic E-state index is 12.8. The lowest BCUT2D eigenvalue weighted by molar-refractivity contribution is -0.164. The first-order chi connectivity index (χ1) is 14.2. The Morgan fingerprint density at radius 1 is 1.07 bits per heavy atom. The van der Waals surface area contributed by atoms with E-state index in [9.17, 15) is 14.7 Å². The molecule has 2 saturated carbocycles. The van der Waals surface area contributed by atoms with Crippen molar-refractivity contribution in [3.63, 3.8) is 0 Å². The lowest BCUT2D eigenvalue weighted by Gasteiger charge is -2.49. The van der Waals surface area contributed by atoms with Crippen LogP contribution in [0.5, 0.6) is 0 Å². The first-order valence-electron chi connectivity index (χ1n) is 12.6. The number of carbonyl (C=O) groups excluding carboxylic acids is 1. The number of esters is 1. The SMILES string of the molecule is CCCCCC1C(C)C(COC(=O)C2CCCC(C)C2C(=O)O)CCC1(C)CCC. The molecule has 4 nitrogen and oxygen atoms in total. The van der Waals surface area contributed by atoms with Gasteiger partial charge in [0.2, 0.25) is 0 Å². The summed E-state index contributed by atoms with van der Waals surface area (Å²) in [5.74, 6) is -0.522. The van der Waals surface area contributed by atoms with E-state index in [2.05, 4.69) is 27.7 Å². The second-order valence-electron chi connectivity index (χ2n) is 10.7. The molecule has 0 aromatic carbocycles. The standard InChI is InChI=1S/C26H46O4/c1-6-8-9-13-22-19(4)20(14-16-26(22,5)15-7-2)17-30-25(29)21-12-10-11-18(3)23(21)24(27)28/h18-23H,6-17H2,1-5H3,(H,27,28). The van der Waals surface area contributed by atoms with E-state index in [0.29, 0.717) is 36.2 Å². The van der Waals surface area contributed by atoms with Crippen molar-refractivity contribution in [2.45, 2.75) is 105 Å². The molecule has 0 bridgehead atoms. The molecular weight excluding hydrogens is 376 g/mol. The summed E-state index contributed by atoms with van der Waals surface area (Å²) in [6.07, 6.45) is 12.4. The van der Waals surface area contributed by atoms with Crippen molar-refractivity contribution in [3.8, 4) is 0 Å². The minimum Gasteiger partial charge on any atom is -0.481 e. The van der Waals surface area contributed by atoms with E-state index < -0.39 is 17.8 Å². The average molecular weight is 423 g/mol. The first kappa shape index (κ1) is 25.2. The Hall–Kier alpha value is -1.06. The fraction of sp³-hybridized carbons (Fsp3) is 0.923. The van der Waals surface area contributed by atoms with Gasteiger partial charge in [0, 0.05) is 0 Å². The quantitative estimate of drug-likeness (QED) is 0.314. The van der Waals surface area contributed by atoms with Gasteiger partial charge in [-0.25, -0.2) is 0 Å². The van der Waals surface area contributed by atoms with E-state index >= 15 is 0 Å². The van der Waals surface area contributed by atoms with Gasteiger partial charge in [0.25, 0.3) is 0 Å². The number of carboxylic acid groups (broad SMARTS) is 1. The molecule has 7 atom stereocenters. The molecule has 2 aliphatic rings. The maximum absolute atomic E-state index is 12.8. The fourth-order valence-electron chi connectivity index (χ4n) is 6.66. The van der Waals surface area contributed by atoms with Gasteiger partial charge in [-0.3, -0.25) is 9.59 Å². The van der Waals surface area contributed by atoms with Crippen molar-refractivity contribution in [3.05, 3.63) is 0 Å². The number of carboxylic acids is 1. The summed E-state index contributed by atoms with van der Waals surface area (Å²) < 4.78 is 5.82. The van der Waals surface area contributed by atoms with Gasteiger partial charge in [0.15, 0.2) is 0 Å². The predicted octanol–water partition coefficient (Wildman–Crippen LogP) is 6.72. The molecule has 30 heavy (non-hydrogen) atoms. The summed E-state index contributed by atoms with van der Waals surface area (Å²) in [5.41, 5.74) is 0.398. The number of carbonyl (C=O) groups is 2. The molecule has 4 heteroatoms. The molecule has 7 unspecified atom stereocenters. The summed E-state index contributed by atoms with van der Waals surface area (Å²) in [6.45, 7) is 11.8. The lowest BCUT2D eigenvalue weighted by Crippen LogP contribution is -2.43. The average Bonchev–Trinajstić information content (AvgIpc) is 2.69. The van der Waals surface area contributed by atoms with Crippen molar-refractivity contribution in [1.29, 1.82) is 0 Å². The van der Waals surface area contributed by atoms with Crippen molar-refractivity contribution in [2.75, 3.05) is 6.61 Å². The van der Waals surface area contributed by atoms with Crippen molar-refractivity contribution in [2.24, 2.45) is 40.9 Å². The Balaban J connectivity index is 2.00. The highest BCUT2D eigenvalue weighted by Gasteiger charge is 2.45. The third-order valence-electron chi connectivity index (χ3n) is 8.55. The predicted molar refractivity (Wildman–Crippen MR) is 121 cm³/mol.